The predicted molar refractivity (Wildman–Crippen MR) is 116 cm³/mol. The molecule has 0 radical (unpaired) electrons. The van der Waals surface area contributed by atoms with Gasteiger partial charge in [0.05, 0.1) is 45.7 Å². The van der Waals surface area contributed by atoms with Gasteiger partial charge in [-0.25, -0.2) is 0 Å². The van der Waals surface area contributed by atoms with Crippen molar-refractivity contribution in [2.45, 2.75) is 62.9 Å². The molecule has 0 N–H and O–H groups in total. The standard InChI is InChI=1S/C23H42O8/c1-8-22(26-5)15-29-20(22)11-17(13-24-3)10-19(31-28-7)18(14-25-4)12-21-23(9-2,27-6)16-30-21/h10,17-18,20-21H,8-9,11-16H2,1-7H3. The first-order chi connectivity index (χ1) is 15.0. The summed E-state index contributed by atoms with van der Waals surface area (Å²) in [6, 6.07) is 0. The third-order valence-corrected chi connectivity index (χ3v) is 6.99. The van der Waals surface area contributed by atoms with Crippen molar-refractivity contribution in [2.75, 3.05) is 62.0 Å². The van der Waals surface area contributed by atoms with Crippen molar-refractivity contribution >= 4 is 0 Å². The van der Waals surface area contributed by atoms with E-state index in [4.69, 9.17) is 38.2 Å². The van der Waals surface area contributed by atoms with Crippen LogP contribution in [0.2, 0.25) is 0 Å². The fourth-order valence-corrected chi connectivity index (χ4v) is 4.63. The van der Waals surface area contributed by atoms with Crippen molar-refractivity contribution in [2.24, 2.45) is 11.8 Å². The summed E-state index contributed by atoms with van der Waals surface area (Å²) in [5.74, 6) is 0.736. The molecule has 0 amide bonds. The maximum absolute atomic E-state index is 5.87. The summed E-state index contributed by atoms with van der Waals surface area (Å²) < 4.78 is 34.3. The number of hydrogen-bond donors (Lipinski definition) is 0. The van der Waals surface area contributed by atoms with Crippen LogP contribution in [0.3, 0.4) is 0 Å². The number of ether oxygens (including phenoxy) is 6. The minimum atomic E-state index is -0.255. The van der Waals surface area contributed by atoms with Crippen LogP contribution in [0.4, 0.5) is 0 Å². The monoisotopic (exact) mass is 446 g/mol. The molecule has 6 atom stereocenters. The van der Waals surface area contributed by atoms with Crippen molar-refractivity contribution in [1.82, 2.24) is 0 Å². The molecule has 0 bridgehead atoms. The maximum atomic E-state index is 5.87. The van der Waals surface area contributed by atoms with Crippen LogP contribution in [0.5, 0.6) is 0 Å². The van der Waals surface area contributed by atoms with E-state index in [1.165, 1.54) is 7.11 Å². The Bertz CT molecular complexity index is 533. The van der Waals surface area contributed by atoms with Crippen LogP contribution in [0.25, 0.3) is 0 Å². The first-order valence-corrected chi connectivity index (χ1v) is 11.2. The molecule has 0 saturated carbocycles. The van der Waals surface area contributed by atoms with E-state index in [1.807, 2.05) is 0 Å². The molecule has 2 aliphatic rings. The van der Waals surface area contributed by atoms with Gasteiger partial charge < -0.3 is 33.3 Å². The molecule has 0 aromatic carbocycles. The molecule has 6 unspecified atom stereocenters. The van der Waals surface area contributed by atoms with Gasteiger partial charge in [0.25, 0.3) is 0 Å². The number of rotatable bonds is 16. The molecule has 2 saturated heterocycles. The molecule has 31 heavy (non-hydrogen) atoms. The van der Waals surface area contributed by atoms with Crippen LogP contribution in [-0.2, 0) is 38.2 Å². The van der Waals surface area contributed by atoms with E-state index in [1.54, 1.807) is 28.4 Å². The van der Waals surface area contributed by atoms with E-state index >= 15 is 0 Å². The Morgan fingerprint density at radius 1 is 0.871 bits per heavy atom. The predicted octanol–water partition coefficient (Wildman–Crippen LogP) is 3.14. The molecule has 2 aliphatic heterocycles. The minimum Gasteiger partial charge on any atom is -0.384 e. The van der Waals surface area contributed by atoms with E-state index in [2.05, 4.69) is 19.9 Å². The summed E-state index contributed by atoms with van der Waals surface area (Å²) in [7, 11) is 8.39. The lowest BCUT2D eigenvalue weighted by Gasteiger charge is -2.49. The van der Waals surface area contributed by atoms with Crippen LogP contribution >= 0.6 is 0 Å². The highest BCUT2D eigenvalue weighted by molar-refractivity contribution is 5.08. The van der Waals surface area contributed by atoms with Gasteiger partial charge in [-0.3, -0.25) is 0 Å². The molecule has 182 valence electrons. The van der Waals surface area contributed by atoms with Gasteiger partial charge >= 0.3 is 0 Å². The van der Waals surface area contributed by atoms with Crippen molar-refractivity contribution in [3.05, 3.63) is 11.8 Å². The molecule has 8 heteroatoms. The Morgan fingerprint density at radius 2 is 1.42 bits per heavy atom. The first-order valence-electron chi connectivity index (χ1n) is 11.2. The zero-order chi connectivity index (χ0) is 22.9. The Balaban J connectivity index is 2.18. The van der Waals surface area contributed by atoms with E-state index < -0.39 is 0 Å². The van der Waals surface area contributed by atoms with E-state index in [0.29, 0.717) is 38.6 Å². The minimum absolute atomic E-state index is 0.0137. The molecule has 0 aromatic rings. The summed E-state index contributed by atoms with van der Waals surface area (Å²) in [4.78, 5) is 10.7. The fraction of sp³-hybridized carbons (Fsp3) is 0.913. The van der Waals surface area contributed by atoms with Gasteiger partial charge in [0.1, 0.15) is 17.0 Å². The quantitative estimate of drug-likeness (QED) is 0.203. The summed E-state index contributed by atoms with van der Waals surface area (Å²) in [6.45, 7) is 6.50. The van der Waals surface area contributed by atoms with Gasteiger partial charge in [0.15, 0.2) is 0 Å². The highest BCUT2D eigenvalue weighted by Gasteiger charge is 2.49. The Kier molecular flexibility index (Phi) is 10.7. The first kappa shape index (κ1) is 26.5. The molecule has 2 heterocycles. The summed E-state index contributed by atoms with van der Waals surface area (Å²) in [5, 5.41) is 0. The second kappa shape index (κ2) is 12.5. The zero-order valence-electron chi connectivity index (χ0n) is 20.3. The smallest absolute Gasteiger partial charge is 0.144 e. The second-order valence-electron chi connectivity index (χ2n) is 8.50. The molecule has 0 aromatic heterocycles. The Morgan fingerprint density at radius 3 is 1.81 bits per heavy atom. The number of hydrogen-bond acceptors (Lipinski definition) is 8. The second-order valence-corrected chi connectivity index (χ2v) is 8.50. The van der Waals surface area contributed by atoms with E-state index in [-0.39, 0.29) is 35.2 Å². The summed E-state index contributed by atoms with van der Waals surface area (Å²) in [6.07, 6.45) is 5.33. The van der Waals surface area contributed by atoms with Crippen molar-refractivity contribution < 1.29 is 38.2 Å². The van der Waals surface area contributed by atoms with Crippen LogP contribution < -0.4 is 0 Å². The third-order valence-electron chi connectivity index (χ3n) is 6.99. The maximum Gasteiger partial charge on any atom is 0.144 e. The van der Waals surface area contributed by atoms with Crippen LogP contribution in [0.15, 0.2) is 11.8 Å². The van der Waals surface area contributed by atoms with Crippen LogP contribution in [0.1, 0.15) is 39.5 Å². The SMILES string of the molecule is CCC1(OC)COC1CC(C=C(OOC)C(COC)CC1OCC1(CC)OC)COC. The third kappa shape index (κ3) is 5.99. The highest BCUT2D eigenvalue weighted by Crippen LogP contribution is 2.39. The molecule has 2 fully saturated rings. The average molecular weight is 447 g/mol. The lowest BCUT2D eigenvalue weighted by Crippen LogP contribution is -2.60. The van der Waals surface area contributed by atoms with E-state index in [0.717, 1.165) is 19.3 Å². The molecule has 8 nitrogen and oxygen atoms in total. The van der Waals surface area contributed by atoms with Crippen LogP contribution in [-0.4, -0.2) is 85.4 Å². The lowest BCUT2D eigenvalue weighted by atomic mass is 9.81. The molecular formula is C23H42O8. The van der Waals surface area contributed by atoms with Gasteiger partial charge in [-0.1, -0.05) is 13.8 Å². The molecular weight excluding hydrogens is 404 g/mol. The number of methoxy groups -OCH3 is 4. The van der Waals surface area contributed by atoms with Crippen molar-refractivity contribution in [3.8, 4) is 0 Å². The van der Waals surface area contributed by atoms with Crippen LogP contribution in [0, 0.1) is 11.8 Å². The van der Waals surface area contributed by atoms with E-state index in [9.17, 15) is 0 Å². The summed E-state index contributed by atoms with van der Waals surface area (Å²) in [5.41, 5.74) is -0.484. The van der Waals surface area contributed by atoms with Crippen molar-refractivity contribution in [3.63, 3.8) is 0 Å². The van der Waals surface area contributed by atoms with Crippen molar-refractivity contribution in [1.29, 1.82) is 0 Å². The fourth-order valence-electron chi connectivity index (χ4n) is 4.63. The van der Waals surface area contributed by atoms with Gasteiger partial charge in [0, 0.05) is 40.3 Å². The average Bonchev–Trinajstić information content (AvgIpc) is 2.75. The normalized spacial score (nSPS) is 32.8. The lowest BCUT2D eigenvalue weighted by molar-refractivity contribution is -0.268. The topological polar surface area (TPSA) is 73.8 Å². The van der Waals surface area contributed by atoms with Gasteiger partial charge in [-0.2, -0.15) is 4.89 Å². The Hall–Kier alpha value is -0.740. The highest BCUT2D eigenvalue weighted by atomic mass is 17.2. The van der Waals surface area contributed by atoms with Gasteiger partial charge in [0.2, 0.25) is 0 Å². The summed E-state index contributed by atoms with van der Waals surface area (Å²) >= 11 is 0. The van der Waals surface area contributed by atoms with Gasteiger partial charge in [-0.05, 0) is 31.8 Å². The molecule has 2 rings (SSSR count). The zero-order valence-corrected chi connectivity index (χ0v) is 20.3. The Labute approximate surface area is 187 Å². The largest absolute Gasteiger partial charge is 0.384 e. The molecule has 0 aliphatic carbocycles. The van der Waals surface area contributed by atoms with Gasteiger partial charge in [-0.15, -0.1) is 0 Å². The molecule has 0 spiro atoms.